The molecular weight excluding hydrogens is 815 g/mol. The molecule has 2 heterocycles. The minimum absolute atomic E-state index is 0.829. The standard InChI is InChI=1S/C64H41NO2/c1-5-18-42(19-6-1)45-34-36-50(37-35-45)65(49-24-11-4-12-25-49)58-31-17-33-60-62(58)57-41-56(52-26-13-14-27-53(52)64(57)67-60)54-29-15-30-55-61-51(28-16-32-59(61)66-63(54)55)48-39-46(43-20-7-2-8-21-43)38-47(40-48)44-22-9-3-10-23-44/h1-41H. The zero-order valence-corrected chi connectivity index (χ0v) is 36.4. The number of benzene rings is 11. The van der Waals surface area contributed by atoms with E-state index in [0.29, 0.717) is 0 Å². The largest absolute Gasteiger partial charge is 0.455 e. The fourth-order valence-electron chi connectivity index (χ4n) is 10.2. The molecule has 2 aromatic heterocycles. The minimum Gasteiger partial charge on any atom is -0.455 e. The average molecular weight is 856 g/mol. The van der Waals surface area contributed by atoms with Crippen molar-refractivity contribution in [2.75, 3.05) is 4.90 Å². The van der Waals surface area contributed by atoms with Crippen LogP contribution in [0.15, 0.2) is 258 Å². The van der Waals surface area contributed by atoms with Crippen LogP contribution < -0.4 is 4.90 Å². The molecule has 11 aromatic carbocycles. The molecule has 0 bridgehead atoms. The molecule has 0 aliphatic rings. The molecule has 0 fully saturated rings. The second-order valence-electron chi connectivity index (χ2n) is 17.2. The van der Waals surface area contributed by atoms with Crippen molar-refractivity contribution < 1.29 is 8.83 Å². The summed E-state index contributed by atoms with van der Waals surface area (Å²) >= 11 is 0. The Morgan fingerprint density at radius 2 is 0.731 bits per heavy atom. The Morgan fingerprint density at radius 1 is 0.254 bits per heavy atom. The van der Waals surface area contributed by atoms with Crippen molar-refractivity contribution in [3.8, 4) is 55.6 Å². The van der Waals surface area contributed by atoms with E-state index in [2.05, 4.69) is 254 Å². The fourth-order valence-corrected chi connectivity index (χ4v) is 10.2. The monoisotopic (exact) mass is 855 g/mol. The van der Waals surface area contributed by atoms with E-state index in [9.17, 15) is 0 Å². The van der Waals surface area contributed by atoms with E-state index < -0.39 is 0 Å². The highest BCUT2D eigenvalue weighted by Gasteiger charge is 2.24. The summed E-state index contributed by atoms with van der Waals surface area (Å²) in [7, 11) is 0. The lowest BCUT2D eigenvalue weighted by Crippen LogP contribution is -2.10. The van der Waals surface area contributed by atoms with Gasteiger partial charge in [-0.3, -0.25) is 0 Å². The maximum absolute atomic E-state index is 7.05. The van der Waals surface area contributed by atoms with Gasteiger partial charge in [-0.1, -0.05) is 182 Å². The Kier molecular flexibility index (Phi) is 9.17. The SMILES string of the molecule is c1ccc(-c2ccc(N(c3ccccc3)c3cccc4oc5c6ccccc6c(-c6cccc7c6oc6cccc(-c8cc(-c9ccccc9)cc(-c9ccccc9)c8)c67)cc5c34)cc2)cc1. The van der Waals surface area contributed by atoms with Gasteiger partial charge in [0.15, 0.2) is 0 Å². The highest BCUT2D eigenvalue weighted by Crippen LogP contribution is 2.49. The van der Waals surface area contributed by atoms with Crippen molar-refractivity contribution in [1.29, 1.82) is 0 Å². The Hall–Kier alpha value is -8.92. The van der Waals surface area contributed by atoms with Crippen LogP contribution in [0, 0.1) is 0 Å². The van der Waals surface area contributed by atoms with E-state index in [-0.39, 0.29) is 0 Å². The molecule has 13 rings (SSSR count). The van der Waals surface area contributed by atoms with Crippen LogP contribution in [0.2, 0.25) is 0 Å². The highest BCUT2D eigenvalue weighted by atomic mass is 16.3. The van der Waals surface area contributed by atoms with E-state index in [1.54, 1.807) is 0 Å². The second kappa shape index (κ2) is 16.0. The third-order valence-electron chi connectivity index (χ3n) is 13.2. The molecule has 0 saturated carbocycles. The third kappa shape index (κ3) is 6.59. The van der Waals surface area contributed by atoms with Gasteiger partial charge in [-0.2, -0.15) is 0 Å². The van der Waals surface area contributed by atoms with E-state index in [4.69, 9.17) is 8.83 Å². The molecule has 0 amide bonds. The first kappa shape index (κ1) is 38.5. The maximum Gasteiger partial charge on any atom is 0.143 e. The van der Waals surface area contributed by atoms with Crippen molar-refractivity contribution in [1.82, 2.24) is 0 Å². The second-order valence-corrected chi connectivity index (χ2v) is 17.2. The first-order valence-electron chi connectivity index (χ1n) is 22.8. The smallest absolute Gasteiger partial charge is 0.143 e. The van der Waals surface area contributed by atoms with E-state index in [0.717, 1.165) is 94.0 Å². The van der Waals surface area contributed by atoms with Crippen LogP contribution in [0.3, 0.4) is 0 Å². The van der Waals surface area contributed by atoms with Crippen molar-refractivity contribution in [2.24, 2.45) is 0 Å². The molecule has 3 heteroatoms. The molecule has 0 radical (unpaired) electrons. The van der Waals surface area contributed by atoms with Crippen LogP contribution in [-0.4, -0.2) is 0 Å². The Morgan fingerprint density at radius 3 is 1.40 bits per heavy atom. The van der Waals surface area contributed by atoms with Gasteiger partial charge >= 0.3 is 0 Å². The van der Waals surface area contributed by atoms with Crippen LogP contribution in [0.25, 0.3) is 110 Å². The average Bonchev–Trinajstić information content (AvgIpc) is 3.99. The molecule has 13 aromatic rings. The molecule has 314 valence electrons. The van der Waals surface area contributed by atoms with E-state index >= 15 is 0 Å². The first-order valence-corrected chi connectivity index (χ1v) is 22.8. The van der Waals surface area contributed by atoms with Gasteiger partial charge in [-0.05, 0) is 122 Å². The van der Waals surface area contributed by atoms with Crippen molar-refractivity contribution in [3.63, 3.8) is 0 Å². The van der Waals surface area contributed by atoms with Gasteiger partial charge in [0, 0.05) is 38.5 Å². The fraction of sp³-hybridized carbons (Fsp3) is 0. The normalized spacial score (nSPS) is 11.6. The molecule has 0 atom stereocenters. The minimum atomic E-state index is 0.829. The van der Waals surface area contributed by atoms with Crippen LogP contribution in [0.1, 0.15) is 0 Å². The van der Waals surface area contributed by atoms with E-state index in [1.165, 1.54) is 33.4 Å². The summed E-state index contributed by atoms with van der Waals surface area (Å²) in [6.45, 7) is 0. The molecule has 0 unspecified atom stereocenters. The van der Waals surface area contributed by atoms with Crippen LogP contribution >= 0.6 is 0 Å². The predicted octanol–water partition coefficient (Wildman–Crippen LogP) is 18.4. The van der Waals surface area contributed by atoms with Crippen molar-refractivity contribution in [3.05, 3.63) is 249 Å². The van der Waals surface area contributed by atoms with Gasteiger partial charge in [0.1, 0.15) is 22.3 Å². The molecular formula is C64H41NO2. The number of rotatable bonds is 8. The van der Waals surface area contributed by atoms with Gasteiger partial charge in [0.2, 0.25) is 0 Å². The number of para-hydroxylation sites is 2. The number of hydrogen-bond donors (Lipinski definition) is 0. The molecule has 0 spiro atoms. The van der Waals surface area contributed by atoms with Gasteiger partial charge in [-0.25, -0.2) is 0 Å². The summed E-state index contributed by atoms with van der Waals surface area (Å²) < 4.78 is 14.0. The van der Waals surface area contributed by atoms with Gasteiger partial charge in [0.05, 0.1) is 11.1 Å². The summed E-state index contributed by atoms with van der Waals surface area (Å²) in [6.07, 6.45) is 0. The number of anilines is 3. The molecule has 67 heavy (non-hydrogen) atoms. The summed E-state index contributed by atoms with van der Waals surface area (Å²) in [5.74, 6) is 0. The Bertz CT molecular complexity index is 3890. The number of hydrogen-bond acceptors (Lipinski definition) is 3. The molecule has 3 nitrogen and oxygen atoms in total. The van der Waals surface area contributed by atoms with E-state index in [1.807, 2.05) is 0 Å². The molecule has 0 aliphatic carbocycles. The maximum atomic E-state index is 7.05. The Labute approximate surface area is 388 Å². The number of furan rings is 2. The van der Waals surface area contributed by atoms with Crippen LogP contribution in [-0.2, 0) is 0 Å². The topological polar surface area (TPSA) is 29.5 Å². The number of nitrogens with zero attached hydrogens (tertiary/aromatic N) is 1. The number of fused-ring (bicyclic) bond motifs is 8. The van der Waals surface area contributed by atoms with Crippen molar-refractivity contribution >= 4 is 71.7 Å². The summed E-state index contributed by atoms with van der Waals surface area (Å²) in [4.78, 5) is 2.35. The quantitative estimate of drug-likeness (QED) is 0.152. The van der Waals surface area contributed by atoms with Crippen LogP contribution in [0.5, 0.6) is 0 Å². The van der Waals surface area contributed by atoms with Gasteiger partial charge < -0.3 is 13.7 Å². The molecule has 0 saturated heterocycles. The van der Waals surface area contributed by atoms with Gasteiger partial charge in [0.25, 0.3) is 0 Å². The third-order valence-corrected chi connectivity index (χ3v) is 13.2. The zero-order valence-electron chi connectivity index (χ0n) is 36.4. The summed E-state index contributed by atoms with van der Waals surface area (Å²) in [5, 5.41) is 6.42. The Balaban J connectivity index is 1.02. The highest BCUT2D eigenvalue weighted by molar-refractivity contribution is 6.24. The van der Waals surface area contributed by atoms with Crippen molar-refractivity contribution in [2.45, 2.75) is 0 Å². The molecule has 0 N–H and O–H groups in total. The summed E-state index contributed by atoms with van der Waals surface area (Å²) in [5.41, 5.74) is 18.0. The lowest BCUT2D eigenvalue weighted by molar-refractivity contribution is 0.670. The summed E-state index contributed by atoms with van der Waals surface area (Å²) in [6, 6.07) is 88.6. The molecule has 0 aliphatic heterocycles. The van der Waals surface area contributed by atoms with Crippen LogP contribution in [0.4, 0.5) is 17.1 Å². The van der Waals surface area contributed by atoms with Gasteiger partial charge in [-0.15, -0.1) is 0 Å². The first-order chi connectivity index (χ1) is 33.2. The lowest BCUT2D eigenvalue weighted by Gasteiger charge is -2.26. The predicted molar refractivity (Wildman–Crippen MR) is 280 cm³/mol. The zero-order chi connectivity index (χ0) is 44.3. The lowest BCUT2D eigenvalue weighted by atomic mass is 9.91.